The van der Waals surface area contributed by atoms with Crippen molar-refractivity contribution < 1.29 is 112 Å². The molecule has 2 aromatic rings. The average molecular weight is 1230 g/mol. The van der Waals surface area contributed by atoms with Gasteiger partial charge in [-0.2, -0.15) is 0 Å². The molecule has 5 amide bonds. The Morgan fingerprint density at radius 2 is 0.793 bits per heavy atom. The van der Waals surface area contributed by atoms with Gasteiger partial charge in [0.05, 0.1) is 43.7 Å². The molecule has 0 aliphatic rings. The minimum atomic E-state index is -1.61. The Hall–Kier alpha value is -9.24. The van der Waals surface area contributed by atoms with Gasteiger partial charge in [-0.3, -0.25) is 67.1 Å². The number of carboxylic acid groups (broad SMARTS) is 5. The predicted octanol–water partition coefficient (Wildman–Crippen LogP) is 3.74. The first-order valence-electron chi connectivity index (χ1n) is 27.7. The van der Waals surface area contributed by atoms with E-state index in [0.29, 0.717) is 17.5 Å². The van der Waals surface area contributed by atoms with Crippen LogP contribution in [0.15, 0.2) is 60.7 Å². The number of primary amides is 1. The van der Waals surface area contributed by atoms with Crippen LogP contribution in [0.4, 0.5) is 9.59 Å². The Bertz CT molecular complexity index is 2750. The number of nitrogens with one attached hydrogen (secondary N) is 4. The molecule has 8 atom stereocenters. The maximum absolute atomic E-state index is 13.3. The highest BCUT2D eigenvalue weighted by molar-refractivity contribution is 5.99. The summed E-state index contributed by atoms with van der Waals surface area (Å²) in [5, 5.41) is 55.2. The number of hydrogen-bond donors (Lipinski definition) is 10. The van der Waals surface area contributed by atoms with E-state index < -0.39 is 212 Å². The van der Waals surface area contributed by atoms with Crippen molar-refractivity contribution in [1.82, 2.24) is 21.3 Å². The molecule has 2 aromatic carbocycles. The average Bonchev–Trinajstić information content (AvgIpc) is 3.34. The Kier molecular flexibility index (Phi) is 34.3. The Morgan fingerprint density at radius 1 is 0.414 bits per heavy atom. The molecule has 0 unspecified atom stereocenters. The predicted molar refractivity (Wildman–Crippen MR) is 303 cm³/mol. The highest BCUT2D eigenvalue weighted by Crippen LogP contribution is 2.22. The quantitative estimate of drug-likeness (QED) is 0.0453. The van der Waals surface area contributed by atoms with Gasteiger partial charge in [0.1, 0.15) is 36.9 Å². The molecule has 0 saturated carbocycles. The van der Waals surface area contributed by atoms with Crippen LogP contribution in [0.2, 0.25) is 0 Å². The highest BCUT2D eigenvalue weighted by Gasteiger charge is 2.36. The van der Waals surface area contributed by atoms with Gasteiger partial charge in [0.15, 0.2) is 23.1 Å². The summed E-state index contributed by atoms with van der Waals surface area (Å²) in [7, 11) is 0. The molecule has 11 N–H and O–H groups in total. The third kappa shape index (κ3) is 32.6. The van der Waals surface area contributed by atoms with Crippen LogP contribution in [0.3, 0.4) is 0 Å². The van der Waals surface area contributed by atoms with Crippen molar-refractivity contribution >= 4 is 94.5 Å². The van der Waals surface area contributed by atoms with Crippen LogP contribution in [0.1, 0.15) is 136 Å². The molecule has 0 aliphatic heterocycles. The van der Waals surface area contributed by atoms with E-state index in [1.807, 2.05) is 13.8 Å². The van der Waals surface area contributed by atoms with Gasteiger partial charge in [-0.25, -0.2) is 9.59 Å². The first-order valence-corrected chi connectivity index (χ1v) is 27.7. The molecule has 28 heteroatoms. The number of aliphatic carboxylic acids is 5. The van der Waals surface area contributed by atoms with Crippen molar-refractivity contribution in [3.8, 4) is 0 Å². The van der Waals surface area contributed by atoms with Crippen LogP contribution in [-0.4, -0.2) is 144 Å². The lowest BCUT2D eigenvalue weighted by atomic mass is 9.87. The summed E-state index contributed by atoms with van der Waals surface area (Å²) in [5.41, 5.74) is 6.57. The summed E-state index contributed by atoms with van der Waals surface area (Å²) in [6, 6.07) is 11.6. The van der Waals surface area contributed by atoms with Crippen molar-refractivity contribution in [2.75, 3.05) is 0 Å². The molecule has 0 aliphatic carbocycles. The van der Waals surface area contributed by atoms with Gasteiger partial charge in [0.2, 0.25) is 17.7 Å². The molecular formula is C59H79N5O23. The van der Waals surface area contributed by atoms with E-state index in [1.165, 1.54) is 0 Å². The minimum Gasteiger partial charge on any atom is -0.481 e. The fourth-order valence-corrected chi connectivity index (χ4v) is 8.44. The molecule has 87 heavy (non-hydrogen) atoms. The number of ketones is 6. The van der Waals surface area contributed by atoms with Gasteiger partial charge in [0.25, 0.3) is 0 Å². The zero-order valence-electron chi connectivity index (χ0n) is 49.3. The van der Waals surface area contributed by atoms with Crippen molar-refractivity contribution in [3.63, 3.8) is 0 Å². The minimum absolute atomic E-state index is 0.109. The summed E-state index contributed by atoms with van der Waals surface area (Å²) in [5.74, 6) is -18.8. The van der Waals surface area contributed by atoms with Crippen LogP contribution >= 0.6 is 0 Å². The SMILES string of the molecule is CC(=O)[C@H](CC(=O)O)CC(=O)[C@@H](NC(=O)[C@H](CCC(=O)O)CC(=O)[C@H](CC(=O)O)NC(=O)OCc1ccccc1)C(C)C.CC(=O)[C@H](CC(=O)O)CC(=O)[C@H](CCC(C)C)NC(=O)[C@H](CC(N)=O)CC(=O)[C@H](CC(=O)O)NC(=O)OCc1ccccc1. The van der Waals surface area contributed by atoms with E-state index in [2.05, 4.69) is 21.3 Å². The summed E-state index contributed by atoms with van der Waals surface area (Å²) in [6.45, 7) is 8.93. The van der Waals surface area contributed by atoms with Gasteiger partial charge in [-0.15, -0.1) is 0 Å². The second-order valence-electron chi connectivity index (χ2n) is 21.5. The first kappa shape index (κ1) is 75.8. The van der Waals surface area contributed by atoms with Crippen LogP contribution in [-0.2, 0) is 89.8 Å². The summed E-state index contributed by atoms with van der Waals surface area (Å²) in [4.78, 5) is 195. The molecule has 0 heterocycles. The van der Waals surface area contributed by atoms with Gasteiger partial charge >= 0.3 is 42.0 Å². The van der Waals surface area contributed by atoms with Crippen molar-refractivity contribution in [2.24, 2.45) is 41.2 Å². The third-order valence-electron chi connectivity index (χ3n) is 13.3. The number of amides is 5. The summed E-state index contributed by atoms with van der Waals surface area (Å²) >= 11 is 0. The van der Waals surface area contributed by atoms with Gasteiger partial charge in [0, 0.05) is 56.3 Å². The summed E-state index contributed by atoms with van der Waals surface area (Å²) < 4.78 is 10.1. The number of alkyl carbamates (subject to hydrolysis) is 2. The molecule has 0 saturated heterocycles. The third-order valence-corrected chi connectivity index (χ3v) is 13.3. The number of ether oxygens (including phenoxy) is 2. The van der Waals surface area contributed by atoms with E-state index in [-0.39, 0.29) is 32.0 Å². The van der Waals surface area contributed by atoms with Gasteiger partial charge in [-0.1, -0.05) is 88.4 Å². The van der Waals surface area contributed by atoms with Crippen molar-refractivity contribution in [1.29, 1.82) is 0 Å². The highest BCUT2D eigenvalue weighted by atomic mass is 16.6. The van der Waals surface area contributed by atoms with Gasteiger partial charge in [-0.05, 0) is 56.1 Å². The van der Waals surface area contributed by atoms with Crippen LogP contribution < -0.4 is 27.0 Å². The number of nitrogens with two attached hydrogens (primary N) is 1. The van der Waals surface area contributed by atoms with Crippen LogP contribution in [0.25, 0.3) is 0 Å². The van der Waals surface area contributed by atoms with Crippen molar-refractivity contribution in [3.05, 3.63) is 71.8 Å². The van der Waals surface area contributed by atoms with E-state index >= 15 is 0 Å². The lowest BCUT2D eigenvalue weighted by Crippen LogP contribution is -2.49. The lowest BCUT2D eigenvalue weighted by Gasteiger charge is -2.26. The molecule has 0 bridgehead atoms. The molecular weight excluding hydrogens is 1150 g/mol. The first-order chi connectivity index (χ1) is 40.7. The molecule has 0 aromatic heterocycles. The van der Waals surface area contributed by atoms with Gasteiger partial charge < -0.3 is 62.0 Å². The largest absolute Gasteiger partial charge is 0.481 e. The van der Waals surface area contributed by atoms with E-state index in [1.54, 1.807) is 74.5 Å². The number of hydrogen-bond acceptors (Lipinski definition) is 18. The standard InChI is InChI=1S/C30H41N3O11.C29H38N2O12/c1-17(2)9-10-22(24(35)11-20(18(3)34)14-27(38)39)32-29(42)21(13-26(31)37)12-25(36)23(15-28(40)41)33-30(43)44-16-19-7-5-4-6-8-19;1-16(2)27(23(34)12-20(17(3)32)13-25(37)38)31-28(41)19(9-10-24(35)36)11-22(33)21(14-26(39)40)30-29(42)43-15-18-7-5-4-6-8-18/h4-8,17,20-23H,9-16H2,1-3H3,(H2,31,37)(H,32,42)(H,33,43)(H,38,39)(H,40,41);4-8,16,19-21,27H,9-15H2,1-3H3,(H,30,42)(H,31,41)(H,35,36)(H,37,38)(H,39,40)/t20-,21-,22-,23-;19-,20+,21+,27+/m01/s1. The number of Topliss-reactive ketones (excluding diaryl/α,β-unsaturated/α-hetero) is 6. The Balaban J connectivity index is 0.000000870. The monoisotopic (exact) mass is 1230 g/mol. The summed E-state index contributed by atoms with van der Waals surface area (Å²) in [6.07, 6.45) is -8.17. The van der Waals surface area contributed by atoms with E-state index in [0.717, 1.165) is 13.8 Å². The zero-order valence-corrected chi connectivity index (χ0v) is 49.3. The Labute approximate surface area is 501 Å². The fourth-order valence-electron chi connectivity index (χ4n) is 8.44. The van der Waals surface area contributed by atoms with E-state index in [4.69, 9.17) is 30.5 Å². The molecule has 2 rings (SSSR count). The fraction of sp³-hybridized carbons (Fsp3) is 0.525. The van der Waals surface area contributed by atoms with Crippen LogP contribution in [0.5, 0.6) is 0 Å². The molecule has 0 spiro atoms. The number of rotatable bonds is 41. The topological polar surface area (TPSA) is 467 Å². The molecule has 478 valence electrons. The number of carboxylic acids is 5. The molecule has 28 nitrogen and oxygen atoms in total. The molecule has 0 radical (unpaired) electrons. The number of carbonyl (C=O) groups is 16. The smallest absolute Gasteiger partial charge is 0.408 e. The van der Waals surface area contributed by atoms with Crippen molar-refractivity contribution in [2.45, 2.75) is 162 Å². The second-order valence-corrected chi connectivity index (χ2v) is 21.5. The normalized spacial score (nSPS) is 13.6. The van der Waals surface area contributed by atoms with Crippen LogP contribution in [0, 0.1) is 35.5 Å². The second kappa shape index (κ2) is 39.4. The number of benzene rings is 2. The zero-order chi connectivity index (χ0) is 66.1. The Morgan fingerprint density at radius 3 is 1.16 bits per heavy atom. The maximum Gasteiger partial charge on any atom is 0.408 e. The van der Waals surface area contributed by atoms with E-state index in [9.17, 15) is 86.9 Å². The maximum atomic E-state index is 13.3. The lowest BCUT2D eigenvalue weighted by molar-refractivity contribution is -0.142. The number of carbonyl (C=O) groups excluding carboxylic acids is 11. The molecule has 0 fully saturated rings.